The van der Waals surface area contributed by atoms with Crippen molar-refractivity contribution in [2.75, 3.05) is 0 Å². The molecule has 9 nitrogen and oxygen atoms in total. The van der Waals surface area contributed by atoms with Crippen LogP contribution in [0.4, 0.5) is 17.6 Å². The summed E-state index contributed by atoms with van der Waals surface area (Å²) in [4.78, 5) is 3.82. The molecule has 1 N–H and O–H groups in total. The van der Waals surface area contributed by atoms with Crippen molar-refractivity contribution in [2.45, 2.75) is 24.7 Å². The maximum Gasteiger partial charge on any atom is 0.323 e. The summed E-state index contributed by atoms with van der Waals surface area (Å²) >= 11 is 0. The fraction of sp³-hybridized carbons (Fsp3) is 0.121. The largest absolute Gasteiger partial charge is 0.489 e. The lowest BCUT2D eigenvalue weighted by molar-refractivity contribution is -0.207. The van der Waals surface area contributed by atoms with Crippen LogP contribution in [-0.4, -0.2) is 40.1 Å². The number of nitrogens with zero attached hydrogens (tertiary/aromatic N) is 7. The van der Waals surface area contributed by atoms with E-state index in [9.17, 15) is 13.9 Å². The Hall–Kier alpha value is -5.87. The Morgan fingerprint density at radius 2 is 1.65 bits per heavy atom. The second-order valence-corrected chi connectivity index (χ2v) is 10.2. The van der Waals surface area contributed by atoms with Crippen LogP contribution >= 0.6 is 0 Å². The molecule has 0 aliphatic heterocycles. The highest BCUT2D eigenvalue weighted by atomic mass is 19.3. The monoisotopic (exact) mass is 625 g/mol. The number of hydrogen-bond donors (Lipinski definition) is 1. The summed E-state index contributed by atoms with van der Waals surface area (Å²) in [6.45, 7) is -0.581. The molecule has 0 aliphatic rings. The predicted molar refractivity (Wildman–Crippen MR) is 157 cm³/mol. The second kappa shape index (κ2) is 12.6. The van der Waals surface area contributed by atoms with Crippen LogP contribution < -0.4 is 4.74 Å². The van der Waals surface area contributed by atoms with Gasteiger partial charge >= 0.3 is 5.92 Å². The molecule has 230 valence electrons. The van der Waals surface area contributed by atoms with Gasteiger partial charge in [0.25, 0.3) is 0 Å². The lowest BCUT2D eigenvalue weighted by Crippen LogP contribution is -2.48. The highest BCUT2D eigenvalue weighted by Gasteiger charge is 2.58. The van der Waals surface area contributed by atoms with Gasteiger partial charge < -0.3 is 9.84 Å². The molecule has 0 saturated heterocycles. The lowest BCUT2D eigenvalue weighted by Gasteiger charge is -2.35. The molecule has 46 heavy (non-hydrogen) atoms. The van der Waals surface area contributed by atoms with Crippen LogP contribution in [0.2, 0.25) is 0 Å². The second-order valence-electron chi connectivity index (χ2n) is 10.2. The molecular formula is C33H23F4N7O2. The van der Waals surface area contributed by atoms with Crippen LogP contribution in [0.1, 0.15) is 27.9 Å². The summed E-state index contributed by atoms with van der Waals surface area (Å²) in [5.41, 5.74) is -2.06. The number of hydrogen-bond acceptors (Lipinski definition) is 7. The van der Waals surface area contributed by atoms with Crippen LogP contribution in [-0.2, 0) is 24.7 Å². The fourth-order valence-electron chi connectivity index (χ4n) is 4.64. The summed E-state index contributed by atoms with van der Waals surface area (Å²) < 4.78 is 68.6. The van der Waals surface area contributed by atoms with Crippen molar-refractivity contribution >= 4 is 0 Å². The minimum absolute atomic E-state index is 0.315. The highest BCUT2D eigenvalue weighted by Crippen LogP contribution is 2.46. The van der Waals surface area contributed by atoms with Gasteiger partial charge in [-0.15, -0.1) is 5.10 Å². The first-order chi connectivity index (χ1) is 22.2. The molecule has 0 bridgehead atoms. The third-order valence-corrected chi connectivity index (χ3v) is 7.08. The Morgan fingerprint density at radius 1 is 0.891 bits per heavy atom. The van der Waals surface area contributed by atoms with E-state index in [1.165, 1.54) is 6.07 Å². The summed E-state index contributed by atoms with van der Waals surface area (Å²) in [6, 6.07) is 20.9. The van der Waals surface area contributed by atoms with Crippen molar-refractivity contribution in [3.63, 3.8) is 0 Å². The van der Waals surface area contributed by atoms with E-state index >= 15 is 8.78 Å². The Bertz CT molecular complexity index is 1970. The topological polar surface area (TPSA) is 104 Å². The lowest BCUT2D eigenvalue weighted by atomic mass is 9.84. The number of rotatable bonds is 9. The van der Waals surface area contributed by atoms with Crippen LogP contribution in [0, 0.1) is 23.5 Å². The van der Waals surface area contributed by atoms with Crippen molar-refractivity contribution < 1.29 is 27.4 Å². The average molecular weight is 626 g/mol. The number of aliphatic hydroxyl groups is 1. The van der Waals surface area contributed by atoms with Gasteiger partial charge in [-0.05, 0) is 82.7 Å². The van der Waals surface area contributed by atoms with Gasteiger partial charge in [-0.25, -0.2) is 18.1 Å². The molecule has 6 rings (SSSR count). The van der Waals surface area contributed by atoms with Crippen molar-refractivity contribution in [2.24, 2.45) is 0 Å². The van der Waals surface area contributed by atoms with Crippen LogP contribution in [0.15, 0.2) is 110 Å². The van der Waals surface area contributed by atoms with Gasteiger partial charge in [0.2, 0.25) is 0 Å². The van der Waals surface area contributed by atoms with E-state index in [2.05, 4.69) is 37.4 Å². The quantitative estimate of drug-likeness (QED) is 0.174. The molecule has 0 fully saturated rings. The summed E-state index contributed by atoms with van der Waals surface area (Å²) in [6.07, 6.45) is 5.67. The molecule has 13 heteroatoms. The van der Waals surface area contributed by atoms with Crippen LogP contribution in [0.25, 0.3) is 5.69 Å². The summed E-state index contributed by atoms with van der Waals surface area (Å²) in [5, 5.41) is 25.7. The number of benzene rings is 3. The first-order valence-electron chi connectivity index (χ1n) is 13.8. The third kappa shape index (κ3) is 6.33. The van der Waals surface area contributed by atoms with Gasteiger partial charge in [-0.2, -0.15) is 13.9 Å². The molecule has 1 unspecified atom stereocenters. The minimum Gasteiger partial charge on any atom is -0.489 e. The Labute approximate surface area is 259 Å². The van der Waals surface area contributed by atoms with Gasteiger partial charge in [0.1, 0.15) is 36.0 Å². The molecule has 0 saturated carbocycles. The summed E-state index contributed by atoms with van der Waals surface area (Å²) in [5.74, 6) is -0.0936. The standard InChI is InChI=1S/C33H23F4N7O2/c34-26-9-14-29(30(35)18-26)32(45,21-43-22-39-41-42-43)33(36,37)31-15-8-24(19-38-31)3-2-23-6-12-28(13-7-23)46-20-25-4-10-27(11-5-25)44-17-1-16-40-44/h1,4-19,22,45H,20-21H2. The molecule has 3 aromatic heterocycles. The highest BCUT2D eigenvalue weighted by molar-refractivity contribution is 5.44. The van der Waals surface area contributed by atoms with E-state index < -0.39 is 41.0 Å². The number of ether oxygens (including phenoxy) is 1. The van der Waals surface area contributed by atoms with E-state index in [0.717, 1.165) is 46.7 Å². The Kier molecular flexibility index (Phi) is 8.28. The molecule has 0 aliphatic carbocycles. The van der Waals surface area contributed by atoms with Crippen molar-refractivity contribution in [3.05, 3.63) is 149 Å². The zero-order chi connectivity index (χ0) is 32.1. The van der Waals surface area contributed by atoms with Crippen molar-refractivity contribution in [3.8, 4) is 23.3 Å². The van der Waals surface area contributed by atoms with E-state index in [1.54, 1.807) is 35.1 Å². The average Bonchev–Trinajstić information content (AvgIpc) is 3.79. The molecule has 3 aromatic carbocycles. The van der Waals surface area contributed by atoms with Gasteiger partial charge in [0, 0.05) is 41.3 Å². The molecule has 1 atom stereocenters. The number of alkyl halides is 2. The molecule has 0 radical (unpaired) electrons. The molecular weight excluding hydrogens is 602 g/mol. The molecule has 6 aromatic rings. The van der Waals surface area contributed by atoms with Crippen molar-refractivity contribution in [1.29, 1.82) is 0 Å². The molecule has 0 spiro atoms. The zero-order valence-corrected chi connectivity index (χ0v) is 23.8. The number of halogens is 4. The van der Waals surface area contributed by atoms with Gasteiger partial charge in [-0.3, -0.25) is 4.98 Å². The van der Waals surface area contributed by atoms with E-state index in [4.69, 9.17) is 4.74 Å². The van der Waals surface area contributed by atoms with Gasteiger partial charge in [-0.1, -0.05) is 24.0 Å². The normalized spacial score (nSPS) is 12.6. The first kappa shape index (κ1) is 30.2. The maximum atomic E-state index is 15.9. The predicted octanol–water partition coefficient (Wildman–Crippen LogP) is 5.19. The SMILES string of the molecule is OC(Cn1cnnn1)(c1ccc(F)cc1F)C(F)(F)c1ccc(C#Cc2ccc(OCc3ccc(-n4cccn4)cc3)cc2)cn1. The van der Waals surface area contributed by atoms with Crippen molar-refractivity contribution in [1.82, 2.24) is 35.0 Å². The third-order valence-electron chi connectivity index (χ3n) is 7.08. The zero-order valence-electron chi connectivity index (χ0n) is 23.8. The van der Waals surface area contributed by atoms with Gasteiger partial charge in [0.15, 0.2) is 5.60 Å². The fourth-order valence-corrected chi connectivity index (χ4v) is 4.64. The van der Waals surface area contributed by atoms with E-state index in [-0.39, 0.29) is 0 Å². The Morgan fingerprint density at radius 3 is 2.30 bits per heavy atom. The minimum atomic E-state index is -4.17. The molecule has 0 amide bonds. The van der Waals surface area contributed by atoms with Crippen LogP contribution in [0.3, 0.4) is 0 Å². The summed E-state index contributed by atoms with van der Waals surface area (Å²) in [7, 11) is 0. The van der Waals surface area contributed by atoms with E-state index in [0.29, 0.717) is 29.5 Å². The molecule has 3 heterocycles. The maximum absolute atomic E-state index is 15.9. The van der Waals surface area contributed by atoms with Gasteiger partial charge in [0.05, 0.1) is 12.2 Å². The van der Waals surface area contributed by atoms with Crippen LogP contribution in [0.5, 0.6) is 5.75 Å². The smallest absolute Gasteiger partial charge is 0.323 e. The number of tetrazole rings is 1. The van der Waals surface area contributed by atoms with E-state index in [1.807, 2.05) is 36.5 Å². The Balaban J connectivity index is 1.14. The number of aromatic nitrogens is 7. The first-order valence-corrected chi connectivity index (χ1v) is 13.8. The number of pyridine rings is 1.